The molecule has 0 unspecified atom stereocenters. The van der Waals surface area contributed by atoms with E-state index in [1.807, 2.05) is 35.0 Å². The quantitative estimate of drug-likeness (QED) is 0.675. The highest BCUT2D eigenvalue weighted by molar-refractivity contribution is 6.30. The van der Waals surface area contributed by atoms with Crippen molar-refractivity contribution in [2.24, 2.45) is 5.73 Å². The fraction of sp³-hybridized carbons (Fsp3) is 0.435. The molecule has 0 aliphatic carbocycles. The van der Waals surface area contributed by atoms with Crippen LogP contribution in [-0.4, -0.2) is 57.1 Å². The van der Waals surface area contributed by atoms with Gasteiger partial charge in [-0.1, -0.05) is 30.2 Å². The molecular formula is C23H27ClN6O. The van der Waals surface area contributed by atoms with Crippen LogP contribution in [0, 0.1) is 0 Å². The lowest BCUT2D eigenvalue weighted by atomic mass is 9.83. The lowest BCUT2D eigenvalue weighted by Gasteiger charge is -2.48. The van der Waals surface area contributed by atoms with Gasteiger partial charge in [-0.3, -0.25) is 9.69 Å². The van der Waals surface area contributed by atoms with Crippen LogP contribution in [0.3, 0.4) is 0 Å². The first kappa shape index (κ1) is 20.3. The van der Waals surface area contributed by atoms with E-state index in [2.05, 4.69) is 20.9 Å². The van der Waals surface area contributed by atoms with Crippen molar-refractivity contribution in [1.82, 2.24) is 19.5 Å². The summed E-state index contributed by atoms with van der Waals surface area (Å²) in [6.07, 6.45) is 8.62. The Kier molecular flexibility index (Phi) is 5.32. The number of likely N-dealkylation sites (tertiary alicyclic amines) is 1. The fourth-order valence-corrected chi connectivity index (χ4v) is 5.17. The molecule has 1 amide bonds. The molecule has 31 heavy (non-hydrogen) atoms. The summed E-state index contributed by atoms with van der Waals surface area (Å²) in [6, 6.07) is 9.74. The smallest absolute Gasteiger partial charge is 0.238 e. The molecule has 4 heterocycles. The number of fused-ring (bicyclic) bond motifs is 1. The summed E-state index contributed by atoms with van der Waals surface area (Å²) in [5, 5.41) is 5.43. The number of piperidine rings is 2. The molecule has 0 atom stereocenters. The number of halogens is 1. The number of hydrogen-bond acceptors (Lipinski definition) is 5. The van der Waals surface area contributed by atoms with Crippen LogP contribution in [0.2, 0.25) is 5.02 Å². The number of rotatable bonds is 4. The maximum atomic E-state index is 12.5. The van der Waals surface area contributed by atoms with E-state index in [-0.39, 0.29) is 5.91 Å². The first-order valence-electron chi connectivity index (χ1n) is 11.0. The summed E-state index contributed by atoms with van der Waals surface area (Å²) in [5.74, 6) is 0.710. The maximum Gasteiger partial charge on any atom is 0.238 e. The number of benzene rings is 1. The molecule has 2 fully saturated rings. The van der Waals surface area contributed by atoms with Gasteiger partial charge in [-0.15, -0.1) is 0 Å². The van der Waals surface area contributed by atoms with Crippen LogP contribution in [0.4, 0.5) is 5.82 Å². The van der Waals surface area contributed by atoms with Crippen LogP contribution in [-0.2, 0) is 4.79 Å². The van der Waals surface area contributed by atoms with Crippen LogP contribution in [0.25, 0.3) is 16.8 Å². The van der Waals surface area contributed by atoms with Gasteiger partial charge in [-0.2, -0.15) is 5.10 Å². The topological polar surface area (TPSA) is 79.8 Å². The third-order valence-electron chi connectivity index (χ3n) is 6.82. The van der Waals surface area contributed by atoms with E-state index in [1.54, 1.807) is 6.20 Å². The third kappa shape index (κ3) is 3.66. The Morgan fingerprint density at radius 2 is 1.74 bits per heavy atom. The number of primary amides is 1. The fourth-order valence-electron chi connectivity index (χ4n) is 5.04. The van der Waals surface area contributed by atoms with E-state index in [0.29, 0.717) is 5.02 Å². The van der Waals surface area contributed by atoms with Crippen molar-refractivity contribution in [3.8, 4) is 11.3 Å². The number of nitrogens with two attached hydrogens (primary N) is 1. The van der Waals surface area contributed by atoms with Gasteiger partial charge >= 0.3 is 0 Å². The molecule has 2 aliphatic heterocycles. The minimum Gasteiger partial charge on any atom is -0.368 e. The summed E-state index contributed by atoms with van der Waals surface area (Å²) in [4.78, 5) is 21.8. The van der Waals surface area contributed by atoms with Crippen molar-refractivity contribution in [3.63, 3.8) is 0 Å². The van der Waals surface area contributed by atoms with E-state index in [4.69, 9.17) is 22.4 Å². The zero-order chi connectivity index (χ0) is 21.4. The predicted octanol–water partition coefficient (Wildman–Crippen LogP) is 3.36. The first-order chi connectivity index (χ1) is 15.1. The minimum atomic E-state index is -0.531. The first-order valence-corrected chi connectivity index (χ1v) is 11.3. The second-order valence-electron chi connectivity index (χ2n) is 8.55. The van der Waals surface area contributed by atoms with Crippen LogP contribution < -0.4 is 10.6 Å². The van der Waals surface area contributed by atoms with Gasteiger partial charge in [0.1, 0.15) is 11.1 Å². The highest BCUT2D eigenvalue weighted by atomic mass is 35.5. The summed E-state index contributed by atoms with van der Waals surface area (Å²) >= 11 is 6.03. The van der Waals surface area contributed by atoms with E-state index in [9.17, 15) is 4.79 Å². The molecule has 0 radical (unpaired) electrons. The van der Waals surface area contributed by atoms with Crippen LogP contribution >= 0.6 is 11.6 Å². The zero-order valence-electron chi connectivity index (χ0n) is 17.5. The van der Waals surface area contributed by atoms with Gasteiger partial charge in [0.2, 0.25) is 5.91 Å². The van der Waals surface area contributed by atoms with Crippen molar-refractivity contribution >= 4 is 28.8 Å². The molecule has 2 saturated heterocycles. The van der Waals surface area contributed by atoms with Gasteiger partial charge in [-0.25, -0.2) is 9.50 Å². The number of nitrogens with zero attached hydrogens (tertiary/aromatic N) is 5. The molecule has 2 N–H and O–H groups in total. The Morgan fingerprint density at radius 1 is 1.03 bits per heavy atom. The average Bonchev–Trinajstić information content (AvgIpc) is 3.24. The number of hydrogen-bond donors (Lipinski definition) is 1. The number of carbonyl (C=O) groups is 1. The molecule has 2 aromatic heterocycles. The van der Waals surface area contributed by atoms with Gasteiger partial charge in [0.05, 0.1) is 5.69 Å². The average molecular weight is 439 g/mol. The van der Waals surface area contributed by atoms with Gasteiger partial charge in [-0.05, 0) is 57.0 Å². The van der Waals surface area contributed by atoms with Crippen LogP contribution in [0.1, 0.15) is 32.1 Å². The SMILES string of the molecule is NC(=O)C1(N2CCCCC2)CCN(c2nccn3nc(-c4ccc(Cl)cc4)cc23)CC1. The van der Waals surface area contributed by atoms with E-state index in [0.717, 1.165) is 74.5 Å². The number of amides is 1. The Hall–Kier alpha value is -2.64. The van der Waals surface area contributed by atoms with Gasteiger partial charge in [0.25, 0.3) is 0 Å². The molecule has 0 bridgehead atoms. The maximum absolute atomic E-state index is 12.5. The Labute approximate surface area is 186 Å². The number of carbonyl (C=O) groups excluding carboxylic acids is 1. The molecule has 3 aromatic rings. The van der Waals surface area contributed by atoms with Crippen LogP contribution in [0.15, 0.2) is 42.7 Å². The molecular weight excluding hydrogens is 412 g/mol. The lowest BCUT2D eigenvalue weighted by molar-refractivity contribution is -0.132. The van der Waals surface area contributed by atoms with Crippen molar-refractivity contribution in [2.45, 2.75) is 37.6 Å². The second kappa shape index (κ2) is 8.13. The summed E-state index contributed by atoms with van der Waals surface area (Å²) in [5.41, 5.74) is 8.26. The monoisotopic (exact) mass is 438 g/mol. The van der Waals surface area contributed by atoms with Gasteiger partial charge in [0, 0.05) is 36.1 Å². The highest BCUT2D eigenvalue weighted by Gasteiger charge is 2.45. The van der Waals surface area contributed by atoms with Crippen molar-refractivity contribution in [1.29, 1.82) is 0 Å². The number of aromatic nitrogens is 3. The van der Waals surface area contributed by atoms with Crippen molar-refractivity contribution in [2.75, 3.05) is 31.1 Å². The van der Waals surface area contributed by atoms with Crippen molar-refractivity contribution in [3.05, 3.63) is 47.7 Å². The molecule has 1 aromatic carbocycles. The molecule has 5 rings (SSSR count). The summed E-state index contributed by atoms with van der Waals surface area (Å²) in [6.45, 7) is 3.41. The summed E-state index contributed by atoms with van der Waals surface area (Å²) < 4.78 is 1.87. The molecule has 0 spiro atoms. The molecule has 8 heteroatoms. The Morgan fingerprint density at radius 3 is 2.42 bits per heavy atom. The lowest BCUT2D eigenvalue weighted by Crippen LogP contribution is -2.63. The molecule has 162 valence electrons. The Bertz CT molecular complexity index is 1080. The second-order valence-corrected chi connectivity index (χ2v) is 8.98. The molecule has 0 saturated carbocycles. The van der Waals surface area contributed by atoms with Crippen molar-refractivity contribution < 1.29 is 4.79 Å². The largest absolute Gasteiger partial charge is 0.368 e. The molecule has 2 aliphatic rings. The van der Waals surface area contributed by atoms with E-state index >= 15 is 0 Å². The predicted molar refractivity (Wildman–Crippen MR) is 122 cm³/mol. The number of anilines is 1. The van der Waals surface area contributed by atoms with E-state index in [1.165, 1.54) is 6.42 Å². The van der Waals surface area contributed by atoms with Gasteiger partial charge in [0.15, 0.2) is 5.82 Å². The van der Waals surface area contributed by atoms with E-state index < -0.39 is 5.54 Å². The Balaban J connectivity index is 1.41. The normalized spacial score (nSPS) is 19.6. The molecule has 7 nitrogen and oxygen atoms in total. The standard InChI is InChI=1S/C23H27ClN6O/c24-18-6-4-17(5-7-18)19-16-20-21(26-10-15-30(20)27-19)28-13-8-23(9-14-28,22(25)31)29-11-2-1-3-12-29/h4-7,10,15-16H,1-3,8-9,11-14H2,(H2,25,31). The zero-order valence-corrected chi connectivity index (χ0v) is 18.3. The summed E-state index contributed by atoms with van der Waals surface area (Å²) in [7, 11) is 0. The highest BCUT2D eigenvalue weighted by Crippen LogP contribution is 2.34. The van der Waals surface area contributed by atoms with Gasteiger partial charge < -0.3 is 10.6 Å². The van der Waals surface area contributed by atoms with Crippen LogP contribution in [0.5, 0.6) is 0 Å². The third-order valence-corrected chi connectivity index (χ3v) is 7.07. The minimum absolute atomic E-state index is 0.186.